The van der Waals surface area contributed by atoms with Gasteiger partial charge in [-0.25, -0.2) is 0 Å². The number of rotatable bonds is 6. The lowest BCUT2D eigenvalue weighted by molar-refractivity contribution is -0.117. The molecule has 1 aromatic heterocycles. The Morgan fingerprint density at radius 2 is 1.79 bits per heavy atom. The number of nitrogens with zero attached hydrogens (tertiary/aromatic N) is 2. The Morgan fingerprint density at radius 1 is 1.07 bits per heavy atom. The molecule has 0 radical (unpaired) electrons. The summed E-state index contributed by atoms with van der Waals surface area (Å²) in [5.41, 5.74) is 3.77. The number of anilines is 2. The van der Waals surface area contributed by atoms with Crippen molar-refractivity contribution in [2.24, 2.45) is 0 Å². The third kappa shape index (κ3) is 3.51. The molecule has 1 aliphatic rings. The van der Waals surface area contributed by atoms with Gasteiger partial charge in [-0.1, -0.05) is 12.1 Å². The topological polar surface area (TPSA) is 79.5 Å². The van der Waals surface area contributed by atoms with Gasteiger partial charge in [-0.05, 0) is 24.1 Å². The van der Waals surface area contributed by atoms with Crippen LogP contribution >= 0.6 is 0 Å². The van der Waals surface area contributed by atoms with E-state index in [0.717, 1.165) is 28.9 Å². The summed E-state index contributed by atoms with van der Waals surface area (Å²) < 4.78 is 10.6. The smallest absolute Gasteiger partial charge is 0.249 e. The monoisotopic (exact) mass is 378 g/mol. The third-order valence-corrected chi connectivity index (χ3v) is 4.91. The minimum atomic E-state index is -0.287. The number of methoxy groups -OCH3 is 2. The molecule has 1 amide bonds. The lowest BCUT2D eigenvalue weighted by atomic mass is 10.1. The van der Waals surface area contributed by atoms with Crippen LogP contribution in [0.5, 0.6) is 11.5 Å². The van der Waals surface area contributed by atoms with Crippen molar-refractivity contribution in [1.82, 2.24) is 10.2 Å². The number of aromatic amines is 1. The fourth-order valence-corrected chi connectivity index (χ4v) is 3.40. The molecule has 7 heteroatoms. The van der Waals surface area contributed by atoms with Gasteiger partial charge in [-0.2, -0.15) is 5.10 Å². The Bertz CT molecular complexity index is 932. The van der Waals surface area contributed by atoms with E-state index < -0.39 is 0 Å². The molecule has 2 N–H and O–H groups in total. The zero-order valence-corrected chi connectivity index (χ0v) is 15.8. The van der Waals surface area contributed by atoms with E-state index in [9.17, 15) is 4.79 Å². The molecule has 4 rings (SSSR count). The summed E-state index contributed by atoms with van der Waals surface area (Å²) >= 11 is 0. The molecule has 1 aliphatic heterocycles. The van der Waals surface area contributed by atoms with Crippen LogP contribution in [0, 0.1) is 0 Å². The Labute approximate surface area is 163 Å². The molecule has 1 saturated heterocycles. The van der Waals surface area contributed by atoms with Crippen molar-refractivity contribution in [3.63, 3.8) is 0 Å². The molecule has 1 unspecified atom stereocenters. The van der Waals surface area contributed by atoms with Crippen molar-refractivity contribution in [2.75, 3.05) is 31.0 Å². The van der Waals surface area contributed by atoms with Crippen molar-refractivity contribution in [3.8, 4) is 22.6 Å². The Balaban J connectivity index is 1.48. The molecular formula is C21H22N4O3. The maximum atomic E-state index is 12.9. The maximum absolute atomic E-state index is 12.9. The summed E-state index contributed by atoms with van der Waals surface area (Å²) in [5.74, 6) is 1.41. The minimum absolute atomic E-state index is 0.0536. The highest BCUT2D eigenvalue weighted by Gasteiger charge is 2.32. The molecule has 3 aromatic rings. The minimum Gasteiger partial charge on any atom is -0.497 e. The second kappa shape index (κ2) is 7.64. The second-order valence-electron chi connectivity index (χ2n) is 6.61. The molecular weight excluding hydrogens is 356 g/mol. The van der Waals surface area contributed by atoms with E-state index in [2.05, 4.69) is 15.5 Å². The second-order valence-corrected chi connectivity index (χ2v) is 6.61. The predicted molar refractivity (Wildman–Crippen MR) is 108 cm³/mol. The average molecular weight is 378 g/mol. The van der Waals surface area contributed by atoms with Gasteiger partial charge in [0.25, 0.3) is 0 Å². The standard InChI is InChI=1S/C21H22N4O3/c1-27-18-9-16(10-19(11-18)28-2)24-20-7-8-25(21(20)26)17-5-3-14(4-6-17)15-12-22-23-13-15/h3-6,9-13,20,24H,7-8H2,1-2H3,(H,22,23). The molecule has 2 heterocycles. The number of nitrogens with one attached hydrogen (secondary N) is 2. The Hall–Kier alpha value is -3.48. The maximum Gasteiger partial charge on any atom is 0.249 e. The van der Waals surface area contributed by atoms with Gasteiger partial charge < -0.3 is 19.7 Å². The number of aromatic nitrogens is 2. The number of amides is 1. The normalized spacial score (nSPS) is 16.3. The van der Waals surface area contributed by atoms with Gasteiger partial charge in [0.2, 0.25) is 5.91 Å². The van der Waals surface area contributed by atoms with Crippen LogP contribution in [0.3, 0.4) is 0 Å². The van der Waals surface area contributed by atoms with Crippen LogP contribution in [0.15, 0.2) is 54.9 Å². The van der Waals surface area contributed by atoms with Gasteiger partial charge in [-0.15, -0.1) is 0 Å². The molecule has 0 bridgehead atoms. The number of H-pyrrole nitrogens is 1. The molecule has 0 aliphatic carbocycles. The zero-order chi connectivity index (χ0) is 19.5. The van der Waals surface area contributed by atoms with E-state index in [4.69, 9.17) is 9.47 Å². The van der Waals surface area contributed by atoms with Crippen LogP contribution in [0.1, 0.15) is 6.42 Å². The van der Waals surface area contributed by atoms with Gasteiger partial charge in [0.05, 0.1) is 20.4 Å². The quantitative estimate of drug-likeness (QED) is 0.688. The van der Waals surface area contributed by atoms with E-state index in [-0.39, 0.29) is 11.9 Å². The lowest BCUT2D eigenvalue weighted by Gasteiger charge is -2.18. The Morgan fingerprint density at radius 3 is 2.39 bits per heavy atom. The molecule has 144 valence electrons. The number of carbonyl (C=O) groups excluding carboxylic acids is 1. The van der Waals surface area contributed by atoms with Crippen LogP contribution < -0.4 is 19.7 Å². The SMILES string of the molecule is COc1cc(NC2CCN(c3ccc(-c4cn[nH]c4)cc3)C2=O)cc(OC)c1. The molecule has 28 heavy (non-hydrogen) atoms. The molecule has 1 atom stereocenters. The van der Waals surface area contributed by atoms with Crippen LogP contribution in [0.25, 0.3) is 11.1 Å². The first-order valence-electron chi connectivity index (χ1n) is 9.08. The molecule has 0 saturated carbocycles. The highest BCUT2D eigenvalue weighted by atomic mass is 16.5. The van der Waals surface area contributed by atoms with E-state index >= 15 is 0 Å². The van der Waals surface area contributed by atoms with Gasteiger partial charge in [0.1, 0.15) is 17.5 Å². The first kappa shape index (κ1) is 17.9. The highest BCUT2D eigenvalue weighted by molar-refractivity contribution is 6.01. The summed E-state index contributed by atoms with van der Waals surface area (Å²) in [6.45, 7) is 0.669. The number of benzene rings is 2. The van der Waals surface area contributed by atoms with E-state index in [1.807, 2.05) is 47.5 Å². The third-order valence-electron chi connectivity index (χ3n) is 4.91. The molecule has 0 spiro atoms. The highest BCUT2D eigenvalue weighted by Crippen LogP contribution is 2.30. The first-order valence-corrected chi connectivity index (χ1v) is 9.08. The number of hydrogen-bond donors (Lipinski definition) is 2. The van der Waals surface area contributed by atoms with Crippen molar-refractivity contribution < 1.29 is 14.3 Å². The summed E-state index contributed by atoms with van der Waals surface area (Å²) in [5, 5.41) is 10.1. The lowest BCUT2D eigenvalue weighted by Crippen LogP contribution is -2.33. The fraction of sp³-hybridized carbons (Fsp3) is 0.238. The molecule has 2 aromatic carbocycles. The average Bonchev–Trinajstić information content (AvgIpc) is 3.39. The van der Waals surface area contributed by atoms with Crippen LogP contribution in [0.4, 0.5) is 11.4 Å². The number of carbonyl (C=O) groups is 1. The largest absolute Gasteiger partial charge is 0.497 e. The van der Waals surface area contributed by atoms with Crippen LogP contribution in [-0.4, -0.2) is 42.9 Å². The van der Waals surface area contributed by atoms with Gasteiger partial charge in [0.15, 0.2) is 0 Å². The summed E-state index contributed by atoms with van der Waals surface area (Å²) in [4.78, 5) is 14.7. The number of ether oxygens (including phenoxy) is 2. The first-order chi connectivity index (χ1) is 13.7. The predicted octanol–water partition coefficient (Wildman–Crippen LogP) is 3.31. The Kier molecular flexibility index (Phi) is 4.89. The summed E-state index contributed by atoms with van der Waals surface area (Å²) in [7, 11) is 3.21. The van der Waals surface area contributed by atoms with Crippen molar-refractivity contribution in [1.29, 1.82) is 0 Å². The van der Waals surface area contributed by atoms with Crippen LogP contribution in [-0.2, 0) is 4.79 Å². The fourth-order valence-electron chi connectivity index (χ4n) is 3.40. The molecule has 7 nitrogen and oxygen atoms in total. The van der Waals surface area contributed by atoms with E-state index in [0.29, 0.717) is 18.0 Å². The van der Waals surface area contributed by atoms with Gasteiger partial charge >= 0.3 is 0 Å². The van der Waals surface area contributed by atoms with Crippen molar-refractivity contribution >= 4 is 17.3 Å². The van der Waals surface area contributed by atoms with Crippen molar-refractivity contribution in [3.05, 3.63) is 54.9 Å². The van der Waals surface area contributed by atoms with Crippen LogP contribution in [0.2, 0.25) is 0 Å². The van der Waals surface area contributed by atoms with Crippen molar-refractivity contribution in [2.45, 2.75) is 12.5 Å². The summed E-state index contributed by atoms with van der Waals surface area (Å²) in [6, 6.07) is 13.2. The zero-order valence-electron chi connectivity index (χ0n) is 15.8. The van der Waals surface area contributed by atoms with Gasteiger partial charge in [-0.3, -0.25) is 9.89 Å². The van der Waals surface area contributed by atoms with E-state index in [1.165, 1.54) is 0 Å². The number of hydrogen-bond acceptors (Lipinski definition) is 5. The summed E-state index contributed by atoms with van der Waals surface area (Å²) in [6.07, 6.45) is 4.35. The van der Waals surface area contributed by atoms with Gasteiger partial charge in [0, 0.05) is 47.9 Å². The molecule has 1 fully saturated rings. The van der Waals surface area contributed by atoms with E-state index in [1.54, 1.807) is 26.5 Å².